The fraction of sp³-hybridized carbons (Fsp3) is 0.235. The van der Waals surface area contributed by atoms with Crippen molar-refractivity contribution in [2.75, 3.05) is 40.0 Å². The summed E-state index contributed by atoms with van der Waals surface area (Å²) in [5, 5.41) is 2.70. The van der Waals surface area contributed by atoms with Crippen molar-refractivity contribution >= 4 is 66.2 Å². The van der Waals surface area contributed by atoms with Crippen molar-refractivity contribution in [1.82, 2.24) is 0 Å². The molecule has 0 radical (unpaired) electrons. The standard InChI is InChI=1S/C17H19Cl2N3O5S2/c1-21(28(2,24)25)13-7-4-6-12(10-13)20-16(23)11-22(29(3,26)27)15-9-5-8-14(18)17(15)19/h4-10H,11H2,1-3H3,(H,20,23). The molecule has 2 rings (SSSR count). The minimum absolute atomic E-state index is 0.00386. The van der Waals surface area contributed by atoms with Crippen LogP contribution in [0.5, 0.6) is 0 Å². The van der Waals surface area contributed by atoms with Crippen molar-refractivity contribution in [1.29, 1.82) is 0 Å². The van der Waals surface area contributed by atoms with Crippen LogP contribution in [-0.4, -0.2) is 48.8 Å². The Kier molecular flexibility index (Phi) is 7.05. The van der Waals surface area contributed by atoms with Gasteiger partial charge >= 0.3 is 0 Å². The molecule has 0 unspecified atom stereocenters. The molecule has 0 atom stereocenters. The number of anilines is 3. The van der Waals surface area contributed by atoms with E-state index in [1.165, 1.54) is 31.3 Å². The molecule has 1 amide bonds. The summed E-state index contributed by atoms with van der Waals surface area (Å²) in [6, 6.07) is 10.6. The maximum absolute atomic E-state index is 12.5. The SMILES string of the molecule is CN(c1cccc(NC(=O)CN(c2cccc(Cl)c2Cl)S(C)(=O)=O)c1)S(C)(=O)=O. The van der Waals surface area contributed by atoms with Crippen LogP contribution in [-0.2, 0) is 24.8 Å². The molecule has 1 N–H and O–H groups in total. The van der Waals surface area contributed by atoms with Crippen LogP contribution in [0.25, 0.3) is 0 Å². The van der Waals surface area contributed by atoms with Crippen molar-refractivity contribution in [2.45, 2.75) is 0 Å². The molecule has 0 saturated carbocycles. The number of rotatable bonds is 7. The van der Waals surface area contributed by atoms with Crippen molar-refractivity contribution in [2.24, 2.45) is 0 Å². The highest BCUT2D eigenvalue weighted by Crippen LogP contribution is 2.33. The van der Waals surface area contributed by atoms with Crippen LogP contribution in [0, 0.1) is 0 Å². The van der Waals surface area contributed by atoms with Crippen LogP contribution >= 0.6 is 23.2 Å². The molecular weight excluding hydrogens is 461 g/mol. The van der Waals surface area contributed by atoms with Crippen LogP contribution in [0.3, 0.4) is 0 Å². The van der Waals surface area contributed by atoms with E-state index in [9.17, 15) is 21.6 Å². The van der Waals surface area contributed by atoms with Gasteiger partial charge in [0.25, 0.3) is 0 Å². The van der Waals surface area contributed by atoms with Gasteiger partial charge in [-0.15, -0.1) is 0 Å². The average Bonchev–Trinajstić information content (AvgIpc) is 2.60. The van der Waals surface area contributed by atoms with Gasteiger partial charge in [0.15, 0.2) is 0 Å². The number of amides is 1. The van der Waals surface area contributed by atoms with Gasteiger partial charge in [-0.05, 0) is 30.3 Å². The topological polar surface area (TPSA) is 104 Å². The second-order valence-electron chi connectivity index (χ2n) is 6.17. The van der Waals surface area contributed by atoms with E-state index in [0.717, 1.165) is 21.1 Å². The summed E-state index contributed by atoms with van der Waals surface area (Å²) in [6.07, 6.45) is 2.00. The van der Waals surface area contributed by atoms with Gasteiger partial charge in [0.2, 0.25) is 26.0 Å². The van der Waals surface area contributed by atoms with Crippen LogP contribution in [0.1, 0.15) is 0 Å². The van der Waals surface area contributed by atoms with Crippen LogP contribution in [0.15, 0.2) is 42.5 Å². The van der Waals surface area contributed by atoms with Gasteiger partial charge in [0, 0.05) is 12.7 Å². The Bertz CT molecular complexity index is 1140. The maximum Gasteiger partial charge on any atom is 0.245 e. The molecule has 0 bridgehead atoms. The van der Waals surface area contributed by atoms with E-state index in [0.29, 0.717) is 11.4 Å². The number of nitrogens with one attached hydrogen (secondary N) is 1. The molecule has 0 aliphatic rings. The second-order valence-corrected chi connectivity index (χ2v) is 10.9. The molecule has 0 saturated heterocycles. The van der Waals surface area contributed by atoms with Gasteiger partial charge in [-0.1, -0.05) is 35.3 Å². The molecule has 0 aliphatic heterocycles. The van der Waals surface area contributed by atoms with Gasteiger partial charge in [0.05, 0.1) is 33.9 Å². The van der Waals surface area contributed by atoms with E-state index in [1.54, 1.807) is 18.2 Å². The molecule has 158 valence electrons. The summed E-state index contributed by atoms with van der Waals surface area (Å²) in [4.78, 5) is 12.5. The van der Waals surface area contributed by atoms with E-state index in [4.69, 9.17) is 23.2 Å². The third-order valence-corrected chi connectivity index (χ3v) is 7.02. The van der Waals surface area contributed by atoms with Gasteiger partial charge in [0.1, 0.15) is 6.54 Å². The Labute approximate surface area is 180 Å². The first-order chi connectivity index (χ1) is 13.3. The first kappa shape index (κ1) is 23.3. The zero-order valence-electron chi connectivity index (χ0n) is 15.8. The zero-order valence-corrected chi connectivity index (χ0v) is 18.9. The maximum atomic E-state index is 12.5. The van der Waals surface area contributed by atoms with Gasteiger partial charge in [-0.2, -0.15) is 0 Å². The Balaban J connectivity index is 2.27. The third-order valence-electron chi connectivity index (χ3n) is 3.88. The highest BCUT2D eigenvalue weighted by Gasteiger charge is 2.24. The first-order valence-corrected chi connectivity index (χ1v) is 12.5. The average molecular weight is 480 g/mol. The third kappa shape index (κ3) is 5.99. The van der Waals surface area contributed by atoms with E-state index in [2.05, 4.69) is 5.32 Å². The summed E-state index contributed by atoms with van der Waals surface area (Å²) < 4.78 is 49.7. The summed E-state index contributed by atoms with van der Waals surface area (Å²) in [6.45, 7) is -0.551. The Morgan fingerprint density at radius 1 is 1.00 bits per heavy atom. The lowest BCUT2D eigenvalue weighted by atomic mass is 10.2. The number of halogens is 2. The number of carbonyl (C=O) groups excluding carboxylic acids is 1. The van der Waals surface area contributed by atoms with Gasteiger partial charge in [-0.25, -0.2) is 16.8 Å². The van der Waals surface area contributed by atoms with Crippen LogP contribution in [0.2, 0.25) is 10.0 Å². The number of sulfonamides is 2. The molecule has 29 heavy (non-hydrogen) atoms. The van der Waals surface area contributed by atoms with Crippen LogP contribution < -0.4 is 13.9 Å². The van der Waals surface area contributed by atoms with E-state index < -0.39 is 32.5 Å². The Morgan fingerprint density at radius 2 is 1.62 bits per heavy atom. The minimum Gasteiger partial charge on any atom is -0.324 e. The lowest BCUT2D eigenvalue weighted by Gasteiger charge is -2.23. The molecule has 12 heteroatoms. The quantitative estimate of drug-likeness (QED) is 0.657. The first-order valence-electron chi connectivity index (χ1n) is 8.06. The monoisotopic (exact) mass is 479 g/mol. The van der Waals surface area contributed by atoms with Crippen molar-refractivity contribution in [3.8, 4) is 0 Å². The Hall–Kier alpha value is -2.01. The summed E-state index contributed by atoms with van der Waals surface area (Å²) in [5.41, 5.74) is 0.708. The predicted molar refractivity (Wildman–Crippen MR) is 117 cm³/mol. The number of benzene rings is 2. The van der Waals surface area contributed by atoms with E-state index in [-0.39, 0.29) is 15.7 Å². The summed E-state index contributed by atoms with van der Waals surface area (Å²) in [7, 11) is -5.94. The van der Waals surface area contributed by atoms with Crippen molar-refractivity contribution in [3.63, 3.8) is 0 Å². The van der Waals surface area contributed by atoms with Gasteiger partial charge in [-0.3, -0.25) is 13.4 Å². The fourth-order valence-corrected chi connectivity index (χ4v) is 4.17. The summed E-state index contributed by atoms with van der Waals surface area (Å²) >= 11 is 12.1. The van der Waals surface area contributed by atoms with Gasteiger partial charge < -0.3 is 5.32 Å². The van der Waals surface area contributed by atoms with Crippen LogP contribution in [0.4, 0.5) is 17.1 Å². The number of hydrogen-bond acceptors (Lipinski definition) is 5. The molecule has 0 heterocycles. The van der Waals surface area contributed by atoms with E-state index in [1.807, 2.05) is 0 Å². The lowest BCUT2D eigenvalue weighted by molar-refractivity contribution is -0.114. The van der Waals surface area contributed by atoms with Crippen molar-refractivity contribution in [3.05, 3.63) is 52.5 Å². The highest BCUT2D eigenvalue weighted by atomic mass is 35.5. The molecule has 2 aromatic rings. The number of hydrogen-bond donors (Lipinski definition) is 1. The Morgan fingerprint density at radius 3 is 2.21 bits per heavy atom. The molecule has 0 fully saturated rings. The second kappa shape index (κ2) is 8.78. The van der Waals surface area contributed by atoms with E-state index >= 15 is 0 Å². The predicted octanol–water partition coefficient (Wildman–Crippen LogP) is 2.79. The fourth-order valence-electron chi connectivity index (χ4n) is 2.37. The smallest absolute Gasteiger partial charge is 0.245 e. The molecule has 0 spiro atoms. The minimum atomic E-state index is -3.84. The summed E-state index contributed by atoms with van der Waals surface area (Å²) in [5.74, 6) is -0.648. The zero-order chi connectivity index (χ0) is 22.0. The molecule has 0 aliphatic carbocycles. The highest BCUT2D eigenvalue weighted by molar-refractivity contribution is 7.92. The molecule has 2 aromatic carbocycles. The molecule has 8 nitrogen and oxygen atoms in total. The number of nitrogens with zero attached hydrogens (tertiary/aromatic N) is 2. The lowest BCUT2D eigenvalue weighted by Crippen LogP contribution is -2.37. The normalized spacial score (nSPS) is 11.8. The molecular formula is C17H19Cl2N3O5S2. The largest absolute Gasteiger partial charge is 0.324 e. The van der Waals surface area contributed by atoms with Crippen molar-refractivity contribution < 1.29 is 21.6 Å². The molecule has 0 aromatic heterocycles. The number of carbonyl (C=O) groups is 1.